The van der Waals surface area contributed by atoms with Crippen LogP contribution in [-0.4, -0.2) is 16.5 Å². The first-order chi connectivity index (χ1) is 11.6. The molecule has 4 nitrogen and oxygen atoms in total. The molecule has 3 aromatic rings. The van der Waals surface area contributed by atoms with Crippen molar-refractivity contribution in [2.24, 2.45) is 0 Å². The van der Waals surface area contributed by atoms with Crippen LogP contribution in [0.2, 0.25) is 10.0 Å². The Hall–Kier alpha value is -2.48. The van der Waals surface area contributed by atoms with Crippen LogP contribution < -0.4 is 10.5 Å². The highest BCUT2D eigenvalue weighted by Crippen LogP contribution is 2.28. The minimum Gasteiger partial charge on any atom is -0.356 e. The van der Waals surface area contributed by atoms with Crippen LogP contribution in [0.4, 0.5) is 5.69 Å². The summed E-state index contributed by atoms with van der Waals surface area (Å²) >= 11 is 12.1. The second-order valence-corrected chi connectivity index (χ2v) is 6.06. The zero-order valence-corrected chi connectivity index (χ0v) is 14.1. The largest absolute Gasteiger partial charge is 0.356 e. The summed E-state index contributed by atoms with van der Waals surface area (Å²) in [4.78, 5) is 20.6. The molecule has 0 aliphatic carbocycles. The predicted molar refractivity (Wildman–Crippen MR) is 98.7 cm³/mol. The quantitative estimate of drug-likeness (QED) is 0.721. The molecule has 3 rings (SSSR count). The van der Waals surface area contributed by atoms with Crippen LogP contribution in [-0.2, 0) is 6.54 Å². The average molecular weight is 358 g/mol. The Morgan fingerprint density at radius 2 is 2.00 bits per heavy atom. The molecule has 1 aromatic heterocycles. The fraction of sp³-hybridized carbons (Fsp3) is 0.111. The number of aromatic amines is 1. The number of rotatable bonds is 4. The number of benzene rings is 2. The van der Waals surface area contributed by atoms with Gasteiger partial charge in [0.05, 0.1) is 33.8 Å². The van der Waals surface area contributed by atoms with Crippen LogP contribution in [0, 0.1) is 12.3 Å². The van der Waals surface area contributed by atoms with Crippen LogP contribution in [0.25, 0.3) is 10.9 Å². The normalized spacial score (nSPS) is 10.5. The van der Waals surface area contributed by atoms with Crippen molar-refractivity contribution in [2.45, 2.75) is 6.54 Å². The van der Waals surface area contributed by atoms with Gasteiger partial charge in [-0.25, -0.2) is 4.98 Å². The van der Waals surface area contributed by atoms with E-state index in [9.17, 15) is 4.79 Å². The SMILES string of the molecule is C#CCN(Cc1ccc2nc[nH]c(=O)c2c1)c1ccc(Cl)c(Cl)c1. The molecule has 0 aliphatic rings. The summed E-state index contributed by atoms with van der Waals surface area (Å²) in [6, 6.07) is 10.9. The molecule has 6 heteroatoms. The van der Waals surface area contributed by atoms with Gasteiger partial charge in [0.1, 0.15) is 0 Å². The van der Waals surface area contributed by atoms with Crippen LogP contribution >= 0.6 is 23.2 Å². The summed E-state index contributed by atoms with van der Waals surface area (Å²) in [5.41, 5.74) is 2.30. The molecule has 0 atom stereocenters. The lowest BCUT2D eigenvalue weighted by molar-refractivity contribution is 0.879. The summed E-state index contributed by atoms with van der Waals surface area (Å²) < 4.78 is 0. The van der Waals surface area contributed by atoms with Gasteiger partial charge in [-0.1, -0.05) is 35.2 Å². The van der Waals surface area contributed by atoms with E-state index in [2.05, 4.69) is 15.9 Å². The smallest absolute Gasteiger partial charge is 0.258 e. The van der Waals surface area contributed by atoms with Gasteiger partial charge in [-0.3, -0.25) is 4.79 Å². The molecule has 0 saturated carbocycles. The lowest BCUT2D eigenvalue weighted by Gasteiger charge is -2.23. The highest BCUT2D eigenvalue weighted by molar-refractivity contribution is 6.42. The summed E-state index contributed by atoms with van der Waals surface area (Å²) in [6.07, 6.45) is 6.88. The van der Waals surface area contributed by atoms with E-state index in [0.717, 1.165) is 11.3 Å². The number of nitrogens with zero attached hydrogens (tertiary/aromatic N) is 2. The molecular formula is C18H13Cl2N3O. The van der Waals surface area contributed by atoms with E-state index in [-0.39, 0.29) is 5.56 Å². The summed E-state index contributed by atoms with van der Waals surface area (Å²) in [5.74, 6) is 2.64. The standard InChI is InChI=1S/C18H13Cl2N3O/c1-2-7-23(13-4-5-15(19)16(20)9-13)10-12-3-6-17-14(8-12)18(24)22-11-21-17/h1,3-6,8-9,11H,7,10H2,(H,21,22,24). The lowest BCUT2D eigenvalue weighted by Crippen LogP contribution is -2.23. The molecule has 0 radical (unpaired) electrons. The van der Waals surface area contributed by atoms with Crippen LogP contribution in [0.5, 0.6) is 0 Å². The van der Waals surface area contributed by atoms with Crippen molar-refractivity contribution in [3.05, 3.63) is 68.7 Å². The number of aromatic nitrogens is 2. The van der Waals surface area contributed by atoms with E-state index in [0.29, 0.717) is 34.0 Å². The molecule has 0 bridgehead atoms. The van der Waals surface area contributed by atoms with Gasteiger partial charge in [-0.2, -0.15) is 0 Å². The van der Waals surface area contributed by atoms with Crippen molar-refractivity contribution in [3.8, 4) is 12.3 Å². The van der Waals surface area contributed by atoms with Gasteiger partial charge in [0.2, 0.25) is 0 Å². The van der Waals surface area contributed by atoms with Crippen molar-refractivity contribution in [3.63, 3.8) is 0 Å². The summed E-state index contributed by atoms with van der Waals surface area (Å²) in [7, 11) is 0. The first-order valence-corrected chi connectivity index (χ1v) is 7.94. The Morgan fingerprint density at radius 1 is 1.17 bits per heavy atom. The fourth-order valence-corrected chi connectivity index (χ4v) is 2.76. The van der Waals surface area contributed by atoms with E-state index in [4.69, 9.17) is 29.6 Å². The minimum atomic E-state index is -0.167. The molecule has 2 aromatic carbocycles. The maximum Gasteiger partial charge on any atom is 0.258 e. The Morgan fingerprint density at radius 3 is 2.75 bits per heavy atom. The molecular weight excluding hydrogens is 345 g/mol. The van der Waals surface area contributed by atoms with Crippen molar-refractivity contribution in [2.75, 3.05) is 11.4 Å². The highest BCUT2D eigenvalue weighted by atomic mass is 35.5. The van der Waals surface area contributed by atoms with Crippen molar-refractivity contribution >= 4 is 39.8 Å². The van der Waals surface area contributed by atoms with Gasteiger partial charge in [0.25, 0.3) is 5.56 Å². The lowest BCUT2D eigenvalue weighted by atomic mass is 10.1. The third kappa shape index (κ3) is 3.38. The van der Waals surface area contributed by atoms with E-state index in [1.54, 1.807) is 12.1 Å². The number of halogens is 2. The van der Waals surface area contributed by atoms with E-state index in [1.165, 1.54) is 6.33 Å². The molecule has 0 unspecified atom stereocenters. The minimum absolute atomic E-state index is 0.167. The number of H-pyrrole nitrogens is 1. The maximum atomic E-state index is 11.9. The number of anilines is 1. The van der Waals surface area contributed by atoms with E-state index < -0.39 is 0 Å². The number of hydrogen-bond acceptors (Lipinski definition) is 3. The Balaban J connectivity index is 1.96. The zero-order valence-electron chi connectivity index (χ0n) is 12.6. The monoisotopic (exact) mass is 357 g/mol. The maximum absolute atomic E-state index is 11.9. The number of hydrogen-bond donors (Lipinski definition) is 1. The van der Waals surface area contributed by atoms with Crippen molar-refractivity contribution < 1.29 is 0 Å². The first-order valence-electron chi connectivity index (χ1n) is 7.18. The Kier molecular flexibility index (Phi) is 4.75. The molecule has 0 aliphatic heterocycles. The third-order valence-corrected chi connectivity index (χ3v) is 4.37. The third-order valence-electron chi connectivity index (χ3n) is 3.63. The van der Waals surface area contributed by atoms with Gasteiger partial charge < -0.3 is 9.88 Å². The van der Waals surface area contributed by atoms with Crippen molar-refractivity contribution in [1.82, 2.24) is 9.97 Å². The molecule has 1 N–H and O–H groups in total. The Bertz CT molecular complexity index is 991. The predicted octanol–water partition coefficient (Wildman–Crippen LogP) is 3.87. The van der Waals surface area contributed by atoms with Gasteiger partial charge in [-0.15, -0.1) is 6.42 Å². The molecule has 24 heavy (non-hydrogen) atoms. The first kappa shape index (κ1) is 16.4. The van der Waals surface area contributed by atoms with Crippen LogP contribution in [0.15, 0.2) is 47.5 Å². The van der Waals surface area contributed by atoms with E-state index >= 15 is 0 Å². The topological polar surface area (TPSA) is 49.0 Å². The molecule has 0 fully saturated rings. The van der Waals surface area contributed by atoms with Crippen LogP contribution in [0.1, 0.15) is 5.56 Å². The Labute approximate surface area is 149 Å². The number of terminal acetylenes is 1. The van der Waals surface area contributed by atoms with Gasteiger partial charge in [0.15, 0.2) is 0 Å². The van der Waals surface area contributed by atoms with Gasteiger partial charge >= 0.3 is 0 Å². The highest BCUT2D eigenvalue weighted by Gasteiger charge is 2.10. The van der Waals surface area contributed by atoms with Gasteiger partial charge in [0, 0.05) is 12.2 Å². The molecule has 0 saturated heterocycles. The second-order valence-electron chi connectivity index (χ2n) is 5.24. The fourth-order valence-electron chi connectivity index (χ4n) is 2.46. The van der Waals surface area contributed by atoms with Crippen LogP contribution in [0.3, 0.4) is 0 Å². The summed E-state index contributed by atoms with van der Waals surface area (Å²) in [6.45, 7) is 0.936. The number of nitrogens with one attached hydrogen (secondary N) is 1. The molecule has 120 valence electrons. The molecule has 1 heterocycles. The average Bonchev–Trinajstić information content (AvgIpc) is 2.58. The molecule has 0 spiro atoms. The summed E-state index contributed by atoms with van der Waals surface area (Å²) in [5, 5.41) is 1.50. The van der Waals surface area contributed by atoms with Gasteiger partial charge in [-0.05, 0) is 35.9 Å². The zero-order chi connectivity index (χ0) is 17.1. The van der Waals surface area contributed by atoms with E-state index in [1.807, 2.05) is 29.2 Å². The van der Waals surface area contributed by atoms with Crippen molar-refractivity contribution in [1.29, 1.82) is 0 Å². The number of fused-ring (bicyclic) bond motifs is 1. The molecule has 0 amide bonds. The second kappa shape index (κ2) is 6.96.